The van der Waals surface area contributed by atoms with E-state index in [0.717, 1.165) is 17.1 Å². The summed E-state index contributed by atoms with van der Waals surface area (Å²) in [6.07, 6.45) is 3.79. The van der Waals surface area contributed by atoms with E-state index in [1.54, 1.807) is 0 Å². The van der Waals surface area contributed by atoms with Crippen LogP contribution in [0.5, 0.6) is 0 Å². The molecule has 1 atom stereocenters. The van der Waals surface area contributed by atoms with Gasteiger partial charge in [-0.1, -0.05) is 29.8 Å². The molecule has 1 heterocycles. The number of aromatic nitrogens is 2. The molecular weight excluding hydrogens is 258 g/mol. The molecule has 0 aliphatic heterocycles. The predicted octanol–water partition coefficient (Wildman–Crippen LogP) is 3.97. The Hall–Kier alpha value is -1.32. The minimum Gasteiger partial charge on any atom is -0.331 e. The van der Waals surface area contributed by atoms with Gasteiger partial charge in [0.1, 0.15) is 0 Å². The van der Waals surface area contributed by atoms with Crippen molar-refractivity contribution in [2.24, 2.45) is 0 Å². The number of rotatable bonds is 5. The molecule has 0 saturated carbocycles. The monoisotopic (exact) mass is 277 g/mol. The summed E-state index contributed by atoms with van der Waals surface area (Å²) in [4.78, 5) is 4.21. The summed E-state index contributed by atoms with van der Waals surface area (Å²) in [6, 6.07) is 8.58. The predicted molar refractivity (Wildman–Crippen MR) is 79.3 cm³/mol. The van der Waals surface area contributed by atoms with Crippen LogP contribution in [-0.4, -0.2) is 9.55 Å². The van der Waals surface area contributed by atoms with Crippen LogP contribution in [0.1, 0.15) is 44.1 Å². The van der Waals surface area contributed by atoms with Crippen molar-refractivity contribution in [3.8, 4) is 0 Å². The number of nitrogens with zero attached hydrogens (tertiary/aromatic N) is 2. The van der Waals surface area contributed by atoms with E-state index >= 15 is 0 Å². The van der Waals surface area contributed by atoms with E-state index in [1.165, 1.54) is 5.69 Å². The van der Waals surface area contributed by atoms with E-state index in [4.69, 9.17) is 11.6 Å². The van der Waals surface area contributed by atoms with Crippen LogP contribution in [0.15, 0.2) is 36.8 Å². The highest BCUT2D eigenvalue weighted by molar-refractivity contribution is 6.31. The van der Waals surface area contributed by atoms with Crippen LogP contribution in [0.2, 0.25) is 5.02 Å². The van der Waals surface area contributed by atoms with Crippen molar-refractivity contribution in [2.45, 2.75) is 39.4 Å². The molecule has 1 aromatic heterocycles. The smallest absolute Gasteiger partial charge is 0.0951 e. The molecule has 4 heteroatoms. The minimum atomic E-state index is 0.212. The number of benzene rings is 1. The van der Waals surface area contributed by atoms with E-state index in [9.17, 15) is 0 Å². The number of halogens is 1. The molecule has 0 spiro atoms. The van der Waals surface area contributed by atoms with Crippen LogP contribution in [0.4, 0.5) is 0 Å². The van der Waals surface area contributed by atoms with Gasteiger partial charge in [-0.05, 0) is 32.4 Å². The molecule has 0 fully saturated rings. The highest BCUT2D eigenvalue weighted by Gasteiger charge is 2.10. The standard InChI is InChI=1S/C15H20ClN3/c1-11(2)19-10-17-8-13(19)9-18-12(3)14-6-4-5-7-15(14)16/h4-8,10-12,18H,9H2,1-3H3/t12-/m0/s1. The van der Waals surface area contributed by atoms with E-state index in [1.807, 2.05) is 30.7 Å². The van der Waals surface area contributed by atoms with Gasteiger partial charge in [0, 0.05) is 29.8 Å². The summed E-state index contributed by atoms with van der Waals surface area (Å²) in [5.74, 6) is 0. The van der Waals surface area contributed by atoms with Gasteiger partial charge in [0.15, 0.2) is 0 Å². The molecule has 19 heavy (non-hydrogen) atoms. The fourth-order valence-corrected chi connectivity index (χ4v) is 2.43. The third-order valence-electron chi connectivity index (χ3n) is 3.26. The van der Waals surface area contributed by atoms with Crippen molar-refractivity contribution in [2.75, 3.05) is 0 Å². The average Bonchev–Trinajstić information content (AvgIpc) is 2.85. The molecule has 1 aromatic carbocycles. The summed E-state index contributed by atoms with van der Waals surface area (Å²) >= 11 is 6.20. The Morgan fingerprint density at radius 2 is 2.00 bits per heavy atom. The Labute approximate surface area is 119 Å². The molecule has 0 radical (unpaired) electrons. The van der Waals surface area contributed by atoms with E-state index < -0.39 is 0 Å². The van der Waals surface area contributed by atoms with Crippen LogP contribution >= 0.6 is 11.6 Å². The zero-order chi connectivity index (χ0) is 13.8. The van der Waals surface area contributed by atoms with E-state index in [0.29, 0.717) is 6.04 Å². The molecule has 0 unspecified atom stereocenters. The maximum atomic E-state index is 6.20. The summed E-state index contributed by atoms with van der Waals surface area (Å²) in [6.45, 7) is 7.22. The first-order valence-electron chi connectivity index (χ1n) is 6.58. The summed E-state index contributed by atoms with van der Waals surface area (Å²) in [5.41, 5.74) is 2.31. The van der Waals surface area contributed by atoms with Gasteiger partial charge >= 0.3 is 0 Å². The van der Waals surface area contributed by atoms with Gasteiger partial charge in [-0.2, -0.15) is 0 Å². The van der Waals surface area contributed by atoms with Crippen molar-refractivity contribution in [1.82, 2.24) is 14.9 Å². The Morgan fingerprint density at radius 3 is 2.68 bits per heavy atom. The zero-order valence-corrected chi connectivity index (χ0v) is 12.4. The van der Waals surface area contributed by atoms with Gasteiger partial charge in [0.25, 0.3) is 0 Å². The second-order valence-corrected chi connectivity index (χ2v) is 5.42. The van der Waals surface area contributed by atoms with Gasteiger partial charge in [0.2, 0.25) is 0 Å². The van der Waals surface area contributed by atoms with Gasteiger partial charge in [-0.25, -0.2) is 4.98 Å². The third-order valence-corrected chi connectivity index (χ3v) is 3.61. The lowest BCUT2D eigenvalue weighted by Gasteiger charge is -2.17. The first kappa shape index (κ1) is 14.1. The maximum Gasteiger partial charge on any atom is 0.0951 e. The summed E-state index contributed by atoms with van der Waals surface area (Å²) in [7, 11) is 0. The van der Waals surface area contributed by atoms with Gasteiger partial charge in [0.05, 0.1) is 12.0 Å². The normalized spacial score (nSPS) is 12.9. The quantitative estimate of drug-likeness (QED) is 0.896. The second kappa shape index (κ2) is 6.22. The maximum absolute atomic E-state index is 6.20. The third kappa shape index (κ3) is 3.37. The molecule has 2 rings (SSSR count). The summed E-state index contributed by atoms with van der Waals surface area (Å²) < 4.78 is 2.17. The molecule has 2 aromatic rings. The fourth-order valence-electron chi connectivity index (χ4n) is 2.13. The zero-order valence-electron chi connectivity index (χ0n) is 11.6. The lowest BCUT2D eigenvalue weighted by atomic mass is 10.1. The minimum absolute atomic E-state index is 0.212. The molecular formula is C15H20ClN3. The van der Waals surface area contributed by atoms with Crippen LogP contribution in [0, 0.1) is 0 Å². The number of nitrogens with one attached hydrogen (secondary N) is 1. The van der Waals surface area contributed by atoms with Gasteiger partial charge < -0.3 is 9.88 Å². The van der Waals surface area contributed by atoms with Crippen molar-refractivity contribution >= 4 is 11.6 Å². The lowest BCUT2D eigenvalue weighted by molar-refractivity contribution is 0.518. The average molecular weight is 278 g/mol. The molecule has 1 N–H and O–H groups in total. The van der Waals surface area contributed by atoms with Crippen LogP contribution in [0.25, 0.3) is 0 Å². The Balaban J connectivity index is 2.03. The second-order valence-electron chi connectivity index (χ2n) is 5.01. The first-order valence-corrected chi connectivity index (χ1v) is 6.96. The Bertz CT molecular complexity index is 534. The highest BCUT2D eigenvalue weighted by Crippen LogP contribution is 2.22. The largest absolute Gasteiger partial charge is 0.331 e. The topological polar surface area (TPSA) is 29.9 Å². The van der Waals surface area contributed by atoms with Crippen LogP contribution < -0.4 is 5.32 Å². The molecule has 0 amide bonds. The number of hydrogen-bond acceptors (Lipinski definition) is 2. The Kier molecular flexibility index (Phi) is 4.61. The summed E-state index contributed by atoms with van der Waals surface area (Å²) in [5, 5.41) is 4.30. The molecule has 0 bridgehead atoms. The molecule has 0 aliphatic rings. The number of imidazole rings is 1. The van der Waals surface area contributed by atoms with Crippen molar-refractivity contribution in [3.63, 3.8) is 0 Å². The van der Waals surface area contributed by atoms with Gasteiger partial charge in [-0.15, -0.1) is 0 Å². The van der Waals surface area contributed by atoms with Crippen LogP contribution in [-0.2, 0) is 6.54 Å². The Morgan fingerprint density at radius 1 is 1.26 bits per heavy atom. The van der Waals surface area contributed by atoms with Crippen molar-refractivity contribution in [1.29, 1.82) is 0 Å². The lowest BCUT2D eigenvalue weighted by Crippen LogP contribution is -2.20. The SMILES string of the molecule is CC(C)n1cncc1CN[C@@H](C)c1ccccc1Cl. The first-order chi connectivity index (χ1) is 9.09. The number of hydrogen-bond donors (Lipinski definition) is 1. The van der Waals surface area contributed by atoms with Crippen molar-refractivity contribution < 1.29 is 0 Å². The van der Waals surface area contributed by atoms with E-state index in [2.05, 4.69) is 41.7 Å². The van der Waals surface area contributed by atoms with Crippen molar-refractivity contribution in [3.05, 3.63) is 53.1 Å². The van der Waals surface area contributed by atoms with E-state index in [-0.39, 0.29) is 6.04 Å². The van der Waals surface area contributed by atoms with Crippen LogP contribution in [0.3, 0.4) is 0 Å². The molecule has 0 saturated heterocycles. The fraction of sp³-hybridized carbons (Fsp3) is 0.400. The highest BCUT2D eigenvalue weighted by atomic mass is 35.5. The van der Waals surface area contributed by atoms with Gasteiger partial charge in [-0.3, -0.25) is 0 Å². The molecule has 3 nitrogen and oxygen atoms in total. The molecule has 102 valence electrons. The molecule has 0 aliphatic carbocycles.